The number of pyridine rings is 1. The number of aromatic nitrogens is 3. The SMILES string of the molecule is CC1(C)c2ccccc2-c2c(-c3ccc(-c4ccc(-c5cc(-c6ccccc6)nc(-c6ccccc6)n5)cc4)cc3)nc3sc4ccccc4c3c21. The molecule has 3 nitrogen and oxygen atoms in total. The molecule has 1 aliphatic rings. The highest BCUT2D eigenvalue weighted by atomic mass is 32.1. The molecule has 0 N–H and O–H groups in total. The van der Waals surface area contributed by atoms with E-state index in [9.17, 15) is 0 Å². The summed E-state index contributed by atoms with van der Waals surface area (Å²) >= 11 is 1.79. The number of thiophene rings is 1. The van der Waals surface area contributed by atoms with Gasteiger partial charge in [0.15, 0.2) is 5.82 Å². The van der Waals surface area contributed by atoms with Crippen LogP contribution >= 0.6 is 11.3 Å². The van der Waals surface area contributed by atoms with Crippen LogP contribution in [0.1, 0.15) is 25.0 Å². The van der Waals surface area contributed by atoms with Crippen molar-refractivity contribution in [3.8, 4) is 67.4 Å². The molecule has 6 aromatic carbocycles. The standard InChI is InChI=1S/C48H33N3S/c1-48(2)38-19-11-9-17-36(38)42-44(48)43-37-18-10-12-20-41(37)52-47(43)51-45(42)34-27-23-31(24-28-34)30-21-25-33(26-22-30)40-29-39(32-13-5-3-6-14-32)49-46(50-40)35-15-7-4-8-16-35/h3-29H,1-2H3. The number of rotatable bonds is 5. The summed E-state index contributed by atoms with van der Waals surface area (Å²) in [5.74, 6) is 0.719. The van der Waals surface area contributed by atoms with Crippen LogP contribution in [0.25, 0.3) is 87.7 Å². The van der Waals surface area contributed by atoms with Crippen LogP contribution < -0.4 is 0 Å². The van der Waals surface area contributed by atoms with Gasteiger partial charge in [-0.2, -0.15) is 0 Å². The van der Waals surface area contributed by atoms with E-state index in [0.29, 0.717) is 0 Å². The summed E-state index contributed by atoms with van der Waals surface area (Å²) in [6.45, 7) is 4.74. The maximum Gasteiger partial charge on any atom is 0.160 e. The summed E-state index contributed by atoms with van der Waals surface area (Å²) in [5, 5.41) is 2.60. The molecule has 9 aromatic rings. The summed E-state index contributed by atoms with van der Waals surface area (Å²) in [6.07, 6.45) is 0. The molecule has 246 valence electrons. The van der Waals surface area contributed by atoms with E-state index in [0.717, 1.165) is 61.1 Å². The van der Waals surface area contributed by atoms with Gasteiger partial charge in [0, 0.05) is 48.7 Å². The van der Waals surface area contributed by atoms with Crippen LogP contribution in [-0.2, 0) is 5.41 Å². The zero-order valence-corrected chi connectivity index (χ0v) is 29.7. The number of hydrogen-bond acceptors (Lipinski definition) is 4. The van der Waals surface area contributed by atoms with E-state index < -0.39 is 0 Å². The van der Waals surface area contributed by atoms with E-state index in [1.807, 2.05) is 36.4 Å². The molecule has 0 aliphatic heterocycles. The Labute approximate surface area is 307 Å². The predicted molar refractivity (Wildman–Crippen MR) is 217 cm³/mol. The second-order valence-corrected chi connectivity index (χ2v) is 15.0. The van der Waals surface area contributed by atoms with E-state index >= 15 is 0 Å². The third-order valence-corrected chi connectivity index (χ3v) is 11.6. The van der Waals surface area contributed by atoms with E-state index in [1.165, 1.54) is 37.7 Å². The van der Waals surface area contributed by atoms with Gasteiger partial charge >= 0.3 is 0 Å². The average Bonchev–Trinajstić information content (AvgIpc) is 3.70. The molecule has 10 rings (SSSR count). The van der Waals surface area contributed by atoms with Crippen molar-refractivity contribution < 1.29 is 0 Å². The fourth-order valence-corrected chi connectivity index (χ4v) is 9.04. The molecule has 0 bridgehead atoms. The Morgan fingerprint density at radius 1 is 0.481 bits per heavy atom. The Balaban J connectivity index is 1.04. The molecule has 0 fully saturated rings. The Morgan fingerprint density at radius 2 is 1.02 bits per heavy atom. The summed E-state index contributed by atoms with van der Waals surface area (Å²) < 4.78 is 1.28. The molecule has 0 saturated carbocycles. The monoisotopic (exact) mass is 683 g/mol. The largest absolute Gasteiger partial charge is 0.236 e. The molecule has 4 heteroatoms. The van der Waals surface area contributed by atoms with Gasteiger partial charge in [0.25, 0.3) is 0 Å². The zero-order valence-electron chi connectivity index (χ0n) is 28.8. The minimum Gasteiger partial charge on any atom is -0.236 e. The quantitative estimate of drug-likeness (QED) is 0.181. The second-order valence-electron chi connectivity index (χ2n) is 14.0. The van der Waals surface area contributed by atoms with Gasteiger partial charge in [-0.15, -0.1) is 11.3 Å². The first-order valence-corrected chi connectivity index (χ1v) is 18.5. The molecule has 1 aliphatic carbocycles. The van der Waals surface area contributed by atoms with Gasteiger partial charge in [0.05, 0.1) is 17.1 Å². The third kappa shape index (κ3) is 4.90. The summed E-state index contributed by atoms with van der Waals surface area (Å²) in [4.78, 5) is 16.5. The molecule has 0 amide bonds. The lowest BCUT2D eigenvalue weighted by Crippen LogP contribution is -2.15. The molecule has 0 saturated heterocycles. The van der Waals surface area contributed by atoms with E-state index in [2.05, 4.69) is 141 Å². The molecule has 0 unspecified atom stereocenters. The molecular formula is C48H33N3S. The number of hydrogen-bond donors (Lipinski definition) is 0. The van der Waals surface area contributed by atoms with Crippen LogP contribution in [0.2, 0.25) is 0 Å². The zero-order chi connectivity index (χ0) is 34.8. The van der Waals surface area contributed by atoms with E-state index in [4.69, 9.17) is 15.0 Å². The average molecular weight is 684 g/mol. The fraction of sp³-hybridized carbons (Fsp3) is 0.0625. The van der Waals surface area contributed by atoms with Crippen LogP contribution in [-0.4, -0.2) is 15.0 Å². The lowest BCUT2D eigenvalue weighted by molar-refractivity contribution is 0.666. The molecule has 0 radical (unpaired) electrons. The van der Waals surface area contributed by atoms with Gasteiger partial charge in [-0.25, -0.2) is 15.0 Å². The van der Waals surface area contributed by atoms with E-state index in [-0.39, 0.29) is 5.41 Å². The van der Waals surface area contributed by atoms with Gasteiger partial charge in [0.1, 0.15) is 4.83 Å². The highest BCUT2D eigenvalue weighted by Gasteiger charge is 2.40. The first-order chi connectivity index (χ1) is 25.5. The Kier molecular flexibility index (Phi) is 7.02. The summed E-state index contributed by atoms with van der Waals surface area (Å²) in [7, 11) is 0. The van der Waals surface area contributed by atoms with Crippen molar-refractivity contribution in [1.29, 1.82) is 0 Å². The smallest absolute Gasteiger partial charge is 0.160 e. The first-order valence-electron chi connectivity index (χ1n) is 17.7. The maximum atomic E-state index is 5.43. The van der Waals surface area contributed by atoms with Crippen molar-refractivity contribution in [3.63, 3.8) is 0 Å². The topological polar surface area (TPSA) is 38.7 Å². The molecule has 0 atom stereocenters. The minimum absolute atomic E-state index is 0.138. The molecule has 3 aromatic heterocycles. The molecule has 0 spiro atoms. The molecule has 3 heterocycles. The number of benzene rings is 6. The Bertz CT molecular complexity index is 2720. The second kappa shape index (κ2) is 11.9. The van der Waals surface area contributed by atoms with Crippen molar-refractivity contribution in [2.24, 2.45) is 0 Å². The van der Waals surface area contributed by atoms with Crippen LogP contribution in [0.3, 0.4) is 0 Å². The van der Waals surface area contributed by atoms with Crippen molar-refractivity contribution >= 4 is 31.6 Å². The normalized spacial score (nSPS) is 13.0. The Hall–Kier alpha value is -6.23. The molecule has 52 heavy (non-hydrogen) atoms. The maximum absolute atomic E-state index is 5.43. The van der Waals surface area contributed by atoms with Gasteiger partial charge in [0.2, 0.25) is 0 Å². The lowest BCUT2D eigenvalue weighted by Gasteiger charge is -2.23. The highest BCUT2D eigenvalue weighted by molar-refractivity contribution is 7.25. The van der Waals surface area contributed by atoms with Crippen LogP contribution in [0.15, 0.2) is 164 Å². The summed E-state index contributed by atoms with van der Waals surface area (Å²) in [5.41, 5.74) is 14.6. The van der Waals surface area contributed by atoms with Gasteiger partial charge in [-0.3, -0.25) is 0 Å². The fourth-order valence-electron chi connectivity index (χ4n) is 7.95. The predicted octanol–water partition coefficient (Wildman–Crippen LogP) is 12.9. The van der Waals surface area contributed by atoms with Gasteiger partial charge in [-0.05, 0) is 39.9 Å². The first kappa shape index (κ1) is 30.6. The van der Waals surface area contributed by atoms with Crippen molar-refractivity contribution in [3.05, 3.63) is 175 Å². The van der Waals surface area contributed by atoms with E-state index in [1.54, 1.807) is 11.3 Å². The van der Waals surface area contributed by atoms with Crippen molar-refractivity contribution in [2.45, 2.75) is 19.3 Å². The van der Waals surface area contributed by atoms with Crippen LogP contribution in [0.5, 0.6) is 0 Å². The van der Waals surface area contributed by atoms with Gasteiger partial charge < -0.3 is 0 Å². The molecular weight excluding hydrogens is 651 g/mol. The van der Waals surface area contributed by atoms with Crippen molar-refractivity contribution in [2.75, 3.05) is 0 Å². The van der Waals surface area contributed by atoms with Crippen molar-refractivity contribution in [1.82, 2.24) is 15.0 Å². The highest BCUT2D eigenvalue weighted by Crippen LogP contribution is 2.56. The lowest BCUT2D eigenvalue weighted by atomic mass is 9.80. The Morgan fingerprint density at radius 3 is 1.71 bits per heavy atom. The summed E-state index contributed by atoms with van der Waals surface area (Å²) in [6, 6.07) is 57.9. The van der Waals surface area contributed by atoms with Crippen LogP contribution in [0, 0.1) is 0 Å². The number of fused-ring (bicyclic) bond motifs is 7. The number of nitrogens with zero attached hydrogens (tertiary/aromatic N) is 3. The minimum atomic E-state index is -0.138. The third-order valence-electron chi connectivity index (χ3n) is 10.5. The van der Waals surface area contributed by atoms with Gasteiger partial charge in [-0.1, -0.05) is 166 Å². The van der Waals surface area contributed by atoms with Crippen LogP contribution in [0.4, 0.5) is 0 Å².